The Kier molecular flexibility index (Phi) is 25.8. The van der Waals surface area contributed by atoms with Crippen molar-refractivity contribution in [3.63, 3.8) is 0 Å². The van der Waals surface area contributed by atoms with Gasteiger partial charge >= 0.3 is 29.6 Å². The molecule has 8 nitrogen and oxygen atoms in total. The van der Waals surface area contributed by atoms with E-state index in [4.69, 9.17) is 28.4 Å². The molecule has 5 aromatic rings. The fraction of sp³-hybridized carbons (Fsp3) is 0.326. The van der Waals surface area contributed by atoms with Crippen LogP contribution in [0.1, 0.15) is 60.6 Å². The van der Waals surface area contributed by atoms with Crippen LogP contribution in [0.25, 0.3) is 0 Å². The molecule has 0 unspecified atom stereocenters. The van der Waals surface area contributed by atoms with E-state index in [1.165, 1.54) is 39.6 Å². The number of halogens is 2. The standard InChI is InChI=1S/C18H20N2OS.C12H14ClNO.C6H6BrN.C6H7NS.CH4.Na.H2OS.H/c1-13-8-9-16(19-11-13)22-12-17(21)20-10-4-7-15-6-3-5-14(2)18(15)20;1-9-4-2-5-10-6-3-7-14(12(9)10)11(15)8-13;1-5-2-3-6(7)8-4-5;1-5-2-3-6(8)7-4-5;;;1-2;/h3,5-6,8-9,11H,4,7,10,12H2,1-2H3;2,4-5H,3,6-8H2,1H3;2-4H,1H3;2-4H,1H3,(H,7,8);1H4;;1-2H;/q;;;;;+1;;-1. The van der Waals surface area contributed by atoms with Crippen LogP contribution in [0.4, 0.5) is 11.4 Å². The second-order valence-corrected chi connectivity index (χ2v) is 15.5. The molecule has 2 N–H and O–H groups in total. The first kappa shape index (κ1) is 52.5. The van der Waals surface area contributed by atoms with Gasteiger partial charge in [-0.2, -0.15) is 0 Å². The number of nitrogens with zero attached hydrogens (tertiary/aromatic N) is 4. The fourth-order valence-corrected chi connectivity index (χ4v) is 7.18. The number of fused-ring (bicyclic) bond motifs is 2. The monoisotopic (exact) mass is 921 g/mol. The molecule has 0 saturated heterocycles. The summed E-state index contributed by atoms with van der Waals surface area (Å²) in [6.07, 6.45) is 9.74. The summed E-state index contributed by atoms with van der Waals surface area (Å²) in [6.45, 7) is 11.8. The van der Waals surface area contributed by atoms with Crippen molar-refractivity contribution in [1.29, 1.82) is 0 Å². The molecule has 0 fully saturated rings. The summed E-state index contributed by atoms with van der Waals surface area (Å²) in [7, 11) is 0. The first-order chi connectivity index (χ1) is 26.5. The Hall–Kier alpha value is -2.52. The van der Waals surface area contributed by atoms with Gasteiger partial charge in [0, 0.05) is 43.1 Å². The topological polar surface area (TPSA) is 102 Å². The molecular weight excluding hydrogens is 869 g/mol. The van der Waals surface area contributed by atoms with E-state index in [0.717, 1.165) is 75.5 Å². The van der Waals surface area contributed by atoms with Crippen molar-refractivity contribution in [2.24, 2.45) is 0 Å². The van der Waals surface area contributed by atoms with Gasteiger partial charge in [-0.3, -0.25) is 9.59 Å². The van der Waals surface area contributed by atoms with Crippen molar-refractivity contribution in [2.75, 3.05) is 34.5 Å². The molecule has 2 aromatic carbocycles. The number of anilines is 2. The van der Waals surface area contributed by atoms with Crippen LogP contribution in [0.3, 0.4) is 0 Å². The van der Waals surface area contributed by atoms with Crippen molar-refractivity contribution in [3.8, 4) is 0 Å². The van der Waals surface area contributed by atoms with Gasteiger partial charge in [0.1, 0.15) is 15.1 Å². The Bertz CT molecular complexity index is 2000. The van der Waals surface area contributed by atoms with E-state index in [9.17, 15) is 9.59 Å². The molecule has 7 rings (SSSR count). The molecule has 2 amide bonds. The minimum Gasteiger partial charge on any atom is -1.00 e. The zero-order chi connectivity index (χ0) is 40.3. The molecule has 2 aliphatic rings. The predicted octanol–water partition coefficient (Wildman–Crippen LogP) is 8.63. The summed E-state index contributed by atoms with van der Waals surface area (Å²) in [5, 5.41) is 0.904. The van der Waals surface area contributed by atoms with Crippen LogP contribution in [-0.4, -0.2) is 56.0 Å². The summed E-state index contributed by atoms with van der Waals surface area (Å²) >= 11 is 17.7. The number of hydrogen-bond acceptors (Lipinski definition) is 8. The fourth-order valence-electron chi connectivity index (χ4n) is 5.96. The number of thiol groups is 1. The van der Waals surface area contributed by atoms with Crippen LogP contribution in [0, 0.1) is 39.3 Å². The number of para-hydroxylation sites is 2. The second kappa shape index (κ2) is 28.0. The molecule has 0 saturated carbocycles. The van der Waals surface area contributed by atoms with Crippen molar-refractivity contribution in [3.05, 3.63) is 140 Å². The molecule has 5 heterocycles. The number of thioether (sulfide) groups is 1. The van der Waals surface area contributed by atoms with Crippen LogP contribution in [-0.2, 0) is 22.4 Å². The molecule has 302 valence electrons. The van der Waals surface area contributed by atoms with Gasteiger partial charge in [0.15, 0.2) is 0 Å². The second-order valence-electron chi connectivity index (χ2n) is 12.9. The van der Waals surface area contributed by atoms with Gasteiger partial charge in [-0.15, -0.1) is 11.6 Å². The molecule has 0 radical (unpaired) electrons. The van der Waals surface area contributed by atoms with Gasteiger partial charge in [0.2, 0.25) is 11.8 Å². The molecule has 0 aliphatic carbocycles. The minimum absolute atomic E-state index is 0. The number of alkyl halides is 1. The molecule has 57 heavy (non-hydrogen) atoms. The molecule has 0 atom stereocenters. The number of aryl methyl sites for hydroxylation is 7. The maximum atomic E-state index is 12.6. The van der Waals surface area contributed by atoms with E-state index < -0.39 is 0 Å². The van der Waals surface area contributed by atoms with E-state index >= 15 is 0 Å². The van der Waals surface area contributed by atoms with Crippen molar-refractivity contribution in [1.82, 2.24) is 15.0 Å². The van der Waals surface area contributed by atoms with Gasteiger partial charge in [0.05, 0.1) is 10.8 Å². The number of nitrogens with one attached hydrogen (secondary N) is 1. The Labute approximate surface area is 391 Å². The molecule has 14 heteroatoms. The number of amides is 2. The van der Waals surface area contributed by atoms with E-state index in [1.807, 2.05) is 105 Å². The average Bonchev–Trinajstić information content (AvgIpc) is 3.21. The molecule has 0 spiro atoms. The smallest absolute Gasteiger partial charge is 1.00 e. The number of rotatable bonds is 4. The van der Waals surface area contributed by atoms with Gasteiger partial charge in [-0.25, -0.2) is 9.97 Å². The van der Waals surface area contributed by atoms with Gasteiger partial charge < -0.3 is 20.8 Å². The Morgan fingerprint density at radius 1 is 0.807 bits per heavy atom. The zero-order valence-electron chi connectivity index (χ0n) is 33.9. The Balaban J connectivity index is 0.000000785. The quantitative estimate of drug-likeness (QED) is 0.0316. The largest absolute Gasteiger partial charge is 1.00 e. The van der Waals surface area contributed by atoms with E-state index in [-0.39, 0.29) is 56.1 Å². The zero-order valence-corrected chi connectivity index (χ0v) is 39.8. The first-order valence-electron chi connectivity index (χ1n) is 17.8. The number of carbonyl (C=O) groups is 2. The number of aromatic nitrogens is 3. The van der Waals surface area contributed by atoms with Crippen LogP contribution in [0.5, 0.6) is 0 Å². The van der Waals surface area contributed by atoms with Crippen molar-refractivity contribution in [2.45, 2.75) is 72.8 Å². The maximum absolute atomic E-state index is 12.6. The minimum atomic E-state index is 0. The summed E-state index contributed by atoms with van der Waals surface area (Å²) in [5.74, 6) is 0.673. The Morgan fingerprint density at radius 3 is 1.74 bits per heavy atom. The summed E-state index contributed by atoms with van der Waals surface area (Å²) in [6, 6.07) is 24.3. The molecule has 3 aromatic heterocycles. The summed E-state index contributed by atoms with van der Waals surface area (Å²) in [5.41, 5.74) is 10.6. The normalized spacial score (nSPS) is 11.9. The number of aromatic amines is 1. The van der Waals surface area contributed by atoms with Gasteiger partial charge in [0.25, 0.3) is 0 Å². The number of carbonyl (C=O) groups excluding carboxylic acids is 2. The van der Waals surface area contributed by atoms with Crippen LogP contribution >= 0.6 is 64.4 Å². The number of pyridine rings is 3. The van der Waals surface area contributed by atoms with Gasteiger partial charge in [-0.05, 0) is 146 Å². The number of benzene rings is 2. The van der Waals surface area contributed by atoms with E-state index in [2.05, 4.69) is 75.0 Å². The van der Waals surface area contributed by atoms with Crippen LogP contribution in [0.2, 0.25) is 0 Å². The SMILES string of the molecule is C.Cc1ccc(=S)[nH]c1.Cc1ccc(Br)nc1.Cc1ccc(SCC(=O)N2CCCc3cccc(C)c32)nc1.Cc1cccc2c1N(C(=O)CCl)CCC2.OS.[H-].[Na+]. The van der Waals surface area contributed by atoms with Gasteiger partial charge in [-0.1, -0.05) is 86.0 Å². The van der Waals surface area contributed by atoms with E-state index in [1.54, 1.807) is 0 Å². The maximum Gasteiger partial charge on any atom is 1.00 e. The van der Waals surface area contributed by atoms with E-state index in [0.29, 0.717) is 5.75 Å². The molecule has 0 bridgehead atoms. The third-order valence-corrected chi connectivity index (χ3v) is 10.5. The predicted molar refractivity (Wildman–Crippen MR) is 247 cm³/mol. The molecule has 2 aliphatic heterocycles. The third kappa shape index (κ3) is 17.3. The number of H-pyrrole nitrogens is 1. The molecular formula is C43H54BrClN5NaO3S3. The number of hydrogen-bond donors (Lipinski definition) is 3. The Morgan fingerprint density at radius 2 is 1.32 bits per heavy atom. The van der Waals surface area contributed by atoms with Crippen LogP contribution < -0.4 is 39.4 Å². The van der Waals surface area contributed by atoms with Crippen molar-refractivity contribution >= 4 is 87.6 Å². The first-order valence-corrected chi connectivity index (χ1v) is 20.9. The van der Waals surface area contributed by atoms with Crippen molar-refractivity contribution < 1.29 is 45.1 Å². The summed E-state index contributed by atoms with van der Waals surface area (Å²) < 4.78 is 8.37. The van der Waals surface area contributed by atoms with Crippen LogP contribution in [0.15, 0.2) is 101 Å². The third-order valence-electron chi connectivity index (χ3n) is 8.60. The average molecular weight is 923 g/mol. The summed E-state index contributed by atoms with van der Waals surface area (Å²) in [4.78, 5) is 39.3.